The molecule has 0 radical (unpaired) electrons. The summed E-state index contributed by atoms with van der Waals surface area (Å²) in [5, 5.41) is 15.9. The molecule has 0 aliphatic heterocycles. The highest BCUT2D eigenvalue weighted by atomic mass is 16.5. The van der Waals surface area contributed by atoms with Crippen LogP contribution in [0.4, 0.5) is 4.79 Å². The van der Waals surface area contributed by atoms with Crippen LogP contribution in [0.3, 0.4) is 0 Å². The topological polar surface area (TPSA) is 83.7 Å². The standard InChI is InChI=1S/C17H24N2O4/c1-11-14-6-4-5-7-15(14)23-16(11)12(2)18-17(21)19-13(10-20)8-9-22-3/h4-7,12-13,20H,8-10H2,1-3H3,(H2,18,19,21)/t12-,13+/m0/s1. The lowest BCUT2D eigenvalue weighted by atomic mass is 10.1. The van der Waals surface area contributed by atoms with E-state index in [1.807, 2.05) is 38.1 Å². The molecule has 2 amide bonds. The number of nitrogens with one attached hydrogen (secondary N) is 2. The molecule has 0 fully saturated rings. The lowest BCUT2D eigenvalue weighted by Crippen LogP contribution is -2.45. The van der Waals surface area contributed by atoms with Crippen LogP contribution in [-0.2, 0) is 4.74 Å². The second kappa shape index (κ2) is 7.99. The van der Waals surface area contributed by atoms with Crippen LogP contribution in [0.5, 0.6) is 0 Å². The lowest BCUT2D eigenvalue weighted by Gasteiger charge is -2.18. The molecule has 6 heteroatoms. The van der Waals surface area contributed by atoms with Crippen molar-refractivity contribution in [3.63, 3.8) is 0 Å². The zero-order valence-electron chi connectivity index (χ0n) is 13.8. The Balaban J connectivity index is 2.01. The molecule has 1 heterocycles. The number of aryl methyl sites for hydroxylation is 1. The highest BCUT2D eigenvalue weighted by Crippen LogP contribution is 2.28. The van der Waals surface area contributed by atoms with Gasteiger partial charge in [-0.2, -0.15) is 0 Å². The number of ether oxygens (including phenoxy) is 1. The molecule has 0 spiro atoms. The Morgan fingerprint density at radius 2 is 2.09 bits per heavy atom. The van der Waals surface area contributed by atoms with Gasteiger partial charge in [0, 0.05) is 24.7 Å². The number of hydrogen-bond donors (Lipinski definition) is 3. The van der Waals surface area contributed by atoms with Crippen molar-refractivity contribution in [1.29, 1.82) is 0 Å². The highest BCUT2D eigenvalue weighted by molar-refractivity contribution is 5.82. The zero-order chi connectivity index (χ0) is 16.8. The number of rotatable bonds is 7. The third kappa shape index (κ3) is 4.24. The smallest absolute Gasteiger partial charge is 0.315 e. The minimum atomic E-state index is -0.340. The van der Waals surface area contributed by atoms with Crippen LogP contribution in [-0.4, -0.2) is 37.5 Å². The van der Waals surface area contributed by atoms with E-state index in [0.717, 1.165) is 22.3 Å². The van der Waals surface area contributed by atoms with Gasteiger partial charge >= 0.3 is 6.03 Å². The molecule has 0 unspecified atom stereocenters. The number of fused-ring (bicyclic) bond motifs is 1. The second-order valence-electron chi connectivity index (χ2n) is 5.59. The van der Waals surface area contributed by atoms with Crippen LogP contribution in [0.2, 0.25) is 0 Å². The van der Waals surface area contributed by atoms with Crippen molar-refractivity contribution in [3.8, 4) is 0 Å². The van der Waals surface area contributed by atoms with Gasteiger partial charge in [-0.05, 0) is 26.3 Å². The predicted octanol–water partition coefficient (Wildman–Crippen LogP) is 2.50. The number of hydrogen-bond acceptors (Lipinski definition) is 4. The van der Waals surface area contributed by atoms with E-state index >= 15 is 0 Å². The molecule has 6 nitrogen and oxygen atoms in total. The maximum atomic E-state index is 12.1. The summed E-state index contributed by atoms with van der Waals surface area (Å²) < 4.78 is 10.8. The number of urea groups is 1. The minimum absolute atomic E-state index is 0.130. The Bertz CT molecular complexity index is 653. The maximum Gasteiger partial charge on any atom is 0.315 e. The molecule has 126 valence electrons. The normalized spacial score (nSPS) is 13.7. The lowest BCUT2D eigenvalue weighted by molar-refractivity contribution is 0.159. The van der Waals surface area contributed by atoms with Gasteiger partial charge in [0.05, 0.1) is 18.7 Å². The molecule has 0 saturated heterocycles. The number of aliphatic hydroxyl groups is 1. The predicted molar refractivity (Wildman–Crippen MR) is 88.4 cm³/mol. The molecule has 2 aromatic rings. The van der Waals surface area contributed by atoms with Gasteiger partial charge in [0.2, 0.25) is 0 Å². The summed E-state index contributed by atoms with van der Waals surface area (Å²) in [4.78, 5) is 12.1. The summed E-state index contributed by atoms with van der Waals surface area (Å²) >= 11 is 0. The van der Waals surface area contributed by atoms with Crippen LogP contribution in [0.15, 0.2) is 28.7 Å². The number of carbonyl (C=O) groups is 1. The largest absolute Gasteiger partial charge is 0.459 e. The molecule has 0 aliphatic carbocycles. The van der Waals surface area contributed by atoms with Crippen LogP contribution in [0.25, 0.3) is 11.0 Å². The number of methoxy groups -OCH3 is 1. The number of amides is 2. The van der Waals surface area contributed by atoms with Crippen molar-refractivity contribution in [3.05, 3.63) is 35.6 Å². The Kier molecular flexibility index (Phi) is 6.01. The van der Waals surface area contributed by atoms with Crippen LogP contribution < -0.4 is 10.6 Å². The Morgan fingerprint density at radius 1 is 1.35 bits per heavy atom. The molecule has 0 saturated carbocycles. The maximum absolute atomic E-state index is 12.1. The Labute approximate surface area is 135 Å². The van der Waals surface area contributed by atoms with Crippen molar-refractivity contribution in [2.24, 2.45) is 0 Å². The molecule has 23 heavy (non-hydrogen) atoms. The van der Waals surface area contributed by atoms with E-state index in [0.29, 0.717) is 13.0 Å². The summed E-state index contributed by atoms with van der Waals surface area (Å²) in [6.07, 6.45) is 0.554. The van der Waals surface area contributed by atoms with E-state index in [4.69, 9.17) is 9.15 Å². The van der Waals surface area contributed by atoms with E-state index in [1.165, 1.54) is 0 Å². The number of aliphatic hydroxyl groups excluding tert-OH is 1. The van der Waals surface area contributed by atoms with Gasteiger partial charge in [0.25, 0.3) is 0 Å². The summed E-state index contributed by atoms with van der Waals surface area (Å²) in [7, 11) is 1.58. The van der Waals surface area contributed by atoms with Gasteiger partial charge in [-0.1, -0.05) is 18.2 Å². The average molecular weight is 320 g/mol. The van der Waals surface area contributed by atoms with Crippen molar-refractivity contribution < 1.29 is 19.1 Å². The molecule has 1 aromatic heterocycles. The van der Waals surface area contributed by atoms with E-state index < -0.39 is 0 Å². The van der Waals surface area contributed by atoms with E-state index in [9.17, 15) is 9.90 Å². The van der Waals surface area contributed by atoms with Gasteiger partial charge in [-0.3, -0.25) is 0 Å². The van der Waals surface area contributed by atoms with Crippen LogP contribution >= 0.6 is 0 Å². The highest BCUT2D eigenvalue weighted by Gasteiger charge is 2.19. The van der Waals surface area contributed by atoms with Crippen molar-refractivity contribution in [1.82, 2.24) is 10.6 Å². The second-order valence-corrected chi connectivity index (χ2v) is 5.59. The number of benzene rings is 1. The Hall–Kier alpha value is -2.05. The summed E-state index contributed by atoms with van der Waals surface area (Å²) in [6, 6.07) is 6.83. The zero-order valence-corrected chi connectivity index (χ0v) is 13.8. The molecular weight excluding hydrogens is 296 g/mol. The van der Waals surface area contributed by atoms with Gasteiger partial charge < -0.3 is 24.9 Å². The molecular formula is C17H24N2O4. The quantitative estimate of drug-likeness (QED) is 0.732. The molecule has 3 N–H and O–H groups in total. The summed E-state index contributed by atoms with van der Waals surface area (Å²) in [5.41, 5.74) is 1.83. The van der Waals surface area contributed by atoms with Gasteiger partial charge in [-0.25, -0.2) is 4.79 Å². The van der Waals surface area contributed by atoms with E-state index in [2.05, 4.69) is 10.6 Å². The average Bonchev–Trinajstić information content (AvgIpc) is 2.89. The summed E-state index contributed by atoms with van der Waals surface area (Å²) in [6.45, 7) is 4.19. The third-order valence-corrected chi connectivity index (χ3v) is 3.85. The van der Waals surface area contributed by atoms with Gasteiger partial charge in [-0.15, -0.1) is 0 Å². The van der Waals surface area contributed by atoms with Gasteiger partial charge in [0.1, 0.15) is 11.3 Å². The molecule has 1 aromatic carbocycles. The molecule has 0 bridgehead atoms. The first-order valence-corrected chi connectivity index (χ1v) is 7.71. The SMILES string of the molecule is COCC[C@H](CO)NC(=O)N[C@@H](C)c1oc2ccccc2c1C. The number of carbonyl (C=O) groups excluding carboxylic acids is 1. The first kappa shape index (κ1) is 17.3. The first-order chi connectivity index (χ1) is 11.1. The monoisotopic (exact) mass is 320 g/mol. The fourth-order valence-corrected chi connectivity index (χ4v) is 2.56. The third-order valence-electron chi connectivity index (χ3n) is 3.85. The van der Waals surface area contributed by atoms with Crippen molar-refractivity contribution >= 4 is 17.0 Å². The fraction of sp³-hybridized carbons (Fsp3) is 0.471. The number of furan rings is 1. The number of para-hydroxylation sites is 1. The summed E-state index contributed by atoms with van der Waals surface area (Å²) in [5.74, 6) is 0.735. The molecule has 0 aliphatic rings. The van der Waals surface area contributed by atoms with Crippen molar-refractivity contribution in [2.75, 3.05) is 20.3 Å². The van der Waals surface area contributed by atoms with Gasteiger partial charge in [0.15, 0.2) is 0 Å². The van der Waals surface area contributed by atoms with Crippen LogP contribution in [0.1, 0.15) is 30.7 Å². The molecule has 2 rings (SSSR count). The van der Waals surface area contributed by atoms with Crippen molar-refractivity contribution in [2.45, 2.75) is 32.4 Å². The fourth-order valence-electron chi connectivity index (χ4n) is 2.56. The first-order valence-electron chi connectivity index (χ1n) is 7.71. The molecule has 2 atom stereocenters. The Morgan fingerprint density at radius 3 is 2.74 bits per heavy atom. The minimum Gasteiger partial charge on any atom is -0.459 e. The van der Waals surface area contributed by atoms with Crippen LogP contribution in [0, 0.1) is 6.92 Å². The van der Waals surface area contributed by atoms with E-state index in [-0.39, 0.29) is 24.7 Å². The van der Waals surface area contributed by atoms with E-state index in [1.54, 1.807) is 7.11 Å².